The second-order valence-corrected chi connectivity index (χ2v) is 2.90. The molecule has 72 valence electrons. The van der Waals surface area contributed by atoms with E-state index in [9.17, 15) is 13.2 Å². The summed E-state index contributed by atoms with van der Waals surface area (Å²) in [5, 5.41) is -0.454. The van der Waals surface area contributed by atoms with Crippen LogP contribution in [-0.2, 0) is 0 Å². The van der Waals surface area contributed by atoms with Crippen molar-refractivity contribution in [3.63, 3.8) is 0 Å². The second kappa shape index (κ2) is 3.98. The van der Waals surface area contributed by atoms with Crippen molar-refractivity contribution in [1.29, 1.82) is 0 Å². The first kappa shape index (κ1) is 10.3. The third-order valence-corrected chi connectivity index (χ3v) is 2.00. The molecule has 1 atom stereocenters. The van der Waals surface area contributed by atoms with Crippen LogP contribution in [0.25, 0.3) is 0 Å². The van der Waals surface area contributed by atoms with E-state index < -0.39 is 29.4 Å². The molecule has 13 heavy (non-hydrogen) atoms. The summed E-state index contributed by atoms with van der Waals surface area (Å²) in [5.74, 6) is -1.60. The molecule has 1 nitrogen and oxygen atoms in total. The van der Waals surface area contributed by atoms with Gasteiger partial charge in [0.2, 0.25) is 0 Å². The van der Waals surface area contributed by atoms with Crippen molar-refractivity contribution in [3.05, 3.63) is 34.4 Å². The molecule has 0 saturated heterocycles. The first-order valence-electron chi connectivity index (χ1n) is 3.53. The van der Waals surface area contributed by atoms with E-state index in [1.54, 1.807) is 0 Å². The predicted octanol–water partition coefficient (Wildman–Crippen LogP) is 2.59. The zero-order valence-corrected chi connectivity index (χ0v) is 7.28. The number of halogens is 4. The summed E-state index contributed by atoms with van der Waals surface area (Å²) < 4.78 is 37.8. The SMILES string of the molecule is N[C@H](CF)c1c(F)ccc(F)c1Cl. The van der Waals surface area contributed by atoms with Crippen molar-refractivity contribution in [1.82, 2.24) is 0 Å². The van der Waals surface area contributed by atoms with Gasteiger partial charge in [-0.25, -0.2) is 13.2 Å². The van der Waals surface area contributed by atoms with Crippen LogP contribution >= 0.6 is 11.6 Å². The highest BCUT2D eigenvalue weighted by molar-refractivity contribution is 6.31. The number of hydrogen-bond acceptors (Lipinski definition) is 1. The number of hydrogen-bond donors (Lipinski definition) is 1. The molecule has 1 aromatic carbocycles. The Balaban J connectivity index is 3.25. The molecule has 0 saturated carbocycles. The molecule has 0 spiro atoms. The molecular formula is C8H7ClF3N. The van der Waals surface area contributed by atoms with Crippen LogP contribution in [0.4, 0.5) is 13.2 Å². The average Bonchev–Trinajstić information content (AvgIpc) is 2.12. The van der Waals surface area contributed by atoms with Gasteiger partial charge in [0.1, 0.15) is 18.3 Å². The van der Waals surface area contributed by atoms with Crippen molar-refractivity contribution >= 4 is 11.6 Å². The Kier molecular flexibility index (Phi) is 3.17. The maximum absolute atomic E-state index is 13.0. The molecule has 0 aromatic heterocycles. The fourth-order valence-corrected chi connectivity index (χ4v) is 1.25. The lowest BCUT2D eigenvalue weighted by molar-refractivity contribution is 0.425. The van der Waals surface area contributed by atoms with E-state index in [1.807, 2.05) is 0 Å². The van der Waals surface area contributed by atoms with Gasteiger partial charge >= 0.3 is 0 Å². The van der Waals surface area contributed by atoms with Crippen LogP contribution in [0.1, 0.15) is 11.6 Å². The molecule has 0 bridgehead atoms. The standard InChI is InChI=1S/C8H7ClF3N/c9-8-5(12)2-1-4(11)7(8)6(13)3-10/h1-2,6H,3,13H2/t6-/m1/s1. The Bertz CT molecular complexity index is 317. The van der Waals surface area contributed by atoms with E-state index >= 15 is 0 Å². The summed E-state index contributed by atoms with van der Waals surface area (Å²) in [4.78, 5) is 0. The van der Waals surface area contributed by atoms with Crippen molar-refractivity contribution in [2.24, 2.45) is 5.73 Å². The van der Waals surface area contributed by atoms with Crippen LogP contribution in [0.3, 0.4) is 0 Å². The Morgan fingerprint density at radius 1 is 1.31 bits per heavy atom. The molecule has 0 aliphatic heterocycles. The van der Waals surface area contributed by atoms with E-state index in [0.29, 0.717) is 0 Å². The lowest BCUT2D eigenvalue weighted by Gasteiger charge is -2.10. The minimum Gasteiger partial charge on any atom is -0.322 e. The number of alkyl halides is 1. The van der Waals surface area contributed by atoms with Crippen molar-refractivity contribution in [2.45, 2.75) is 6.04 Å². The van der Waals surface area contributed by atoms with Crippen LogP contribution in [0.15, 0.2) is 12.1 Å². The second-order valence-electron chi connectivity index (χ2n) is 2.52. The molecule has 0 aliphatic carbocycles. The zero-order valence-electron chi connectivity index (χ0n) is 6.53. The number of rotatable bonds is 2. The van der Waals surface area contributed by atoms with E-state index in [0.717, 1.165) is 12.1 Å². The summed E-state index contributed by atoms with van der Waals surface area (Å²) in [5.41, 5.74) is 4.88. The van der Waals surface area contributed by atoms with Gasteiger partial charge in [0.25, 0.3) is 0 Å². The fraction of sp³-hybridized carbons (Fsp3) is 0.250. The Hall–Kier alpha value is -0.740. The highest BCUT2D eigenvalue weighted by atomic mass is 35.5. The van der Waals surface area contributed by atoms with Crippen LogP contribution < -0.4 is 5.73 Å². The third kappa shape index (κ3) is 1.95. The van der Waals surface area contributed by atoms with Gasteiger partial charge in [-0.05, 0) is 12.1 Å². The summed E-state index contributed by atoms with van der Waals surface area (Å²) in [6, 6.07) is 0.515. The molecule has 0 aliphatic rings. The summed E-state index contributed by atoms with van der Waals surface area (Å²) in [7, 11) is 0. The first-order chi connectivity index (χ1) is 6.07. The molecule has 0 amide bonds. The Morgan fingerprint density at radius 2 is 1.85 bits per heavy atom. The normalized spacial score (nSPS) is 13.0. The lowest BCUT2D eigenvalue weighted by atomic mass is 10.1. The summed E-state index contributed by atoms with van der Waals surface area (Å²) >= 11 is 5.41. The van der Waals surface area contributed by atoms with Gasteiger partial charge in [0, 0.05) is 5.56 Å². The molecule has 1 aromatic rings. The van der Waals surface area contributed by atoms with E-state index in [2.05, 4.69) is 0 Å². The highest BCUT2D eigenvalue weighted by Gasteiger charge is 2.17. The lowest BCUT2D eigenvalue weighted by Crippen LogP contribution is -2.15. The van der Waals surface area contributed by atoms with Gasteiger partial charge in [-0.3, -0.25) is 0 Å². The third-order valence-electron chi connectivity index (χ3n) is 1.62. The molecule has 0 heterocycles. The van der Waals surface area contributed by atoms with Gasteiger partial charge in [-0.1, -0.05) is 11.6 Å². The van der Waals surface area contributed by atoms with Crippen LogP contribution in [0, 0.1) is 11.6 Å². The molecule has 0 fully saturated rings. The van der Waals surface area contributed by atoms with Crippen molar-refractivity contribution in [2.75, 3.05) is 6.67 Å². The molecule has 5 heteroatoms. The van der Waals surface area contributed by atoms with Gasteiger partial charge in [-0.2, -0.15) is 0 Å². The maximum Gasteiger partial charge on any atom is 0.142 e. The van der Waals surface area contributed by atoms with E-state index in [-0.39, 0.29) is 5.56 Å². The molecule has 1 rings (SSSR count). The minimum atomic E-state index is -1.22. The van der Waals surface area contributed by atoms with Crippen LogP contribution in [0.2, 0.25) is 5.02 Å². The molecular weight excluding hydrogens is 203 g/mol. The van der Waals surface area contributed by atoms with E-state index in [1.165, 1.54) is 0 Å². The van der Waals surface area contributed by atoms with Gasteiger partial charge in [0.05, 0.1) is 11.1 Å². The fourth-order valence-electron chi connectivity index (χ4n) is 0.960. The van der Waals surface area contributed by atoms with Gasteiger partial charge in [0.15, 0.2) is 0 Å². The smallest absolute Gasteiger partial charge is 0.142 e. The Labute approximate surface area is 78.3 Å². The molecule has 2 N–H and O–H groups in total. The Morgan fingerprint density at radius 3 is 2.38 bits per heavy atom. The molecule has 0 unspecified atom stereocenters. The number of nitrogens with two attached hydrogens (primary N) is 1. The quantitative estimate of drug-likeness (QED) is 0.745. The van der Waals surface area contributed by atoms with Gasteiger partial charge in [-0.15, -0.1) is 0 Å². The van der Waals surface area contributed by atoms with Crippen LogP contribution in [0.5, 0.6) is 0 Å². The van der Waals surface area contributed by atoms with Crippen LogP contribution in [-0.4, -0.2) is 6.67 Å². The van der Waals surface area contributed by atoms with Crippen molar-refractivity contribution < 1.29 is 13.2 Å². The minimum absolute atomic E-state index is 0.316. The maximum atomic E-state index is 13.0. The summed E-state index contributed by atoms with van der Waals surface area (Å²) in [6.07, 6.45) is 0. The zero-order chi connectivity index (χ0) is 10.0. The summed E-state index contributed by atoms with van der Waals surface area (Å²) in [6.45, 7) is -0.986. The topological polar surface area (TPSA) is 26.0 Å². The monoisotopic (exact) mass is 209 g/mol. The highest BCUT2D eigenvalue weighted by Crippen LogP contribution is 2.27. The number of benzene rings is 1. The largest absolute Gasteiger partial charge is 0.322 e. The first-order valence-corrected chi connectivity index (χ1v) is 3.90. The van der Waals surface area contributed by atoms with Gasteiger partial charge < -0.3 is 5.73 Å². The average molecular weight is 210 g/mol. The van der Waals surface area contributed by atoms with Crippen molar-refractivity contribution in [3.8, 4) is 0 Å². The van der Waals surface area contributed by atoms with E-state index in [4.69, 9.17) is 17.3 Å². The predicted molar refractivity (Wildman–Crippen MR) is 44.3 cm³/mol. The molecule has 0 radical (unpaired) electrons.